The molecule has 5 heteroatoms. The quantitative estimate of drug-likeness (QED) is 0.625. The highest BCUT2D eigenvalue weighted by Crippen LogP contribution is 2.27. The fraction of sp³-hybridized carbons (Fsp3) is 0.444. The third-order valence-corrected chi connectivity index (χ3v) is 3.94. The van der Waals surface area contributed by atoms with Gasteiger partial charge in [0, 0.05) is 5.70 Å². The maximum atomic E-state index is 12.4. The molecule has 23 heavy (non-hydrogen) atoms. The first-order chi connectivity index (χ1) is 11.1. The number of ether oxygens (including phenoxy) is 1. The van der Waals surface area contributed by atoms with Crippen LogP contribution in [0, 0.1) is 0 Å². The average Bonchev–Trinajstić information content (AvgIpc) is 2.54. The van der Waals surface area contributed by atoms with Gasteiger partial charge in [0.05, 0.1) is 18.2 Å². The molecule has 1 aromatic carbocycles. The number of amides is 2. The highest BCUT2D eigenvalue weighted by molar-refractivity contribution is 5.95. The Morgan fingerprint density at radius 2 is 1.91 bits per heavy atom. The first-order valence-electron chi connectivity index (χ1n) is 8.11. The van der Waals surface area contributed by atoms with Gasteiger partial charge in [-0.1, -0.05) is 44.5 Å². The minimum Gasteiger partial charge on any atom is -0.462 e. The molecule has 0 bridgehead atoms. The molecule has 1 atom stereocenters. The van der Waals surface area contributed by atoms with Crippen LogP contribution in [0.25, 0.3) is 0 Å². The smallest absolute Gasteiger partial charge is 0.338 e. The Hall–Kier alpha value is -2.30. The zero-order valence-electron chi connectivity index (χ0n) is 13.9. The van der Waals surface area contributed by atoms with Crippen molar-refractivity contribution in [3.05, 3.63) is 46.7 Å². The maximum absolute atomic E-state index is 12.4. The number of benzene rings is 1. The number of unbranched alkanes of at least 4 members (excludes halogenated alkanes) is 1. The van der Waals surface area contributed by atoms with E-state index in [9.17, 15) is 9.59 Å². The molecule has 0 aliphatic carbocycles. The summed E-state index contributed by atoms with van der Waals surface area (Å²) in [6, 6.07) is 7.13. The van der Waals surface area contributed by atoms with Crippen LogP contribution in [-0.2, 0) is 16.0 Å². The molecule has 2 amide bonds. The van der Waals surface area contributed by atoms with Crippen molar-refractivity contribution < 1.29 is 14.3 Å². The lowest BCUT2D eigenvalue weighted by Crippen LogP contribution is -2.45. The van der Waals surface area contributed by atoms with Gasteiger partial charge in [0.25, 0.3) is 0 Å². The Balaban J connectivity index is 2.27. The number of carbonyl (C=O) groups is 2. The fourth-order valence-electron chi connectivity index (χ4n) is 2.55. The first kappa shape index (κ1) is 17.1. The molecule has 0 saturated carbocycles. The minimum atomic E-state index is -0.483. The average molecular weight is 316 g/mol. The van der Waals surface area contributed by atoms with E-state index in [-0.39, 0.29) is 12.0 Å². The SMILES string of the molecule is CCCCOC(=O)C1=C(C)NC(=O)N[C@H]1c1ccc(CC)cc1. The number of urea groups is 1. The third kappa shape index (κ3) is 4.12. The van der Waals surface area contributed by atoms with Crippen LogP contribution in [0.15, 0.2) is 35.5 Å². The lowest BCUT2D eigenvalue weighted by Gasteiger charge is -2.28. The van der Waals surface area contributed by atoms with Gasteiger partial charge in [-0.3, -0.25) is 0 Å². The van der Waals surface area contributed by atoms with E-state index < -0.39 is 6.04 Å². The Bertz CT molecular complexity index is 605. The molecule has 0 saturated heterocycles. The van der Waals surface area contributed by atoms with Crippen molar-refractivity contribution >= 4 is 12.0 Å². The summed E-state index contributed by atoms with van der Waals surface area (Å²) in [5.41, 5.74) is 3.09. The van der Waals surface area contributed by atoms with Gasteiger partial charge in [0.15, 0.2) is 0 Å². The Kier molecular flexibility index (Phi) is 5.79. The van der Waals surface area contributed by atoms with Gasteiger partial charge in [0.1, 0.15) is 0 Å². The molecule has 1 aromatic rings. The van der Waals surface area contributed by atoms with Crippen molar-refractivity contribution in [1.29, 1.82) is 0 Å². The monoisotopic (exact) mass is 316 g/mol. The van der Waals surface area contributed by atoms with Crippen LogP contribution >= 0.6 is 0 Å². The molecule has 0 fully saturated rings. The van der Waals surface area contributed by atoms with Crippen LogP contribution in [0.2, 0.25) is 0 Å². The van der Waals surface area contributed by atoms with Gasteiger partial charge in [-0.25, -0.2) is 9.59 Å². The predicted octanol–water partition coefficient (Wildman–Crippen LogP) is 3.22. The van der Waals surface area contributed by atoms with Crippen molar-refractivity contribution in [2.45, 2.75) is 46.1 Å². The Morgan fingerprint density at radius 3 is 2.52 bits per heavy atom. The van der Waals surface area contributed by atoms with Crippen LogP contribution < -0.4 is 10.6 Å². The van der Waals surface area contributed by atoms with Gasteiger partial charge >= 0.3 is 12.0 Å². The Morgan fingerprint density at radius 1 is 1.22 bits per heavy atom. The second kappa shape index (κ2) is 7.81. The third-order valence-electron chi connectivity index (χ3n) is 3.94. The molecule has 124 valence electrons. The van der Waals surface area contributed by atoms with E-state index in [0.717, 1.165) is 24.8 Å². The Labute approximate surface area is 137 Å². The largest absolute Gasteiger partial charge is 0.462 e. The summed E-state index contributed by atoms with van der Waals surface area (Å²) >= 11 is 0. The summed E-state index contributed by atoms with van der Waals surface area (Å²) in [4.78, 5) is 24.2. The van der Waals surface area contributed by atoms with Gasteiger partial charge in [-0.15, -0.1) is 0 Å². The zero-order chi connectivity index (χ0) is 16.8. The second-order valence-electron chi connectivity index (χ2n) is 5.65. The molecule has 0 radical (unpaired) electrons. The number of allylic oxidation sites excluding steroid dienone is 1. The van der Waals surface area contributed by atoms with E-state index in [1.165, 1.54) is 5.56 Å². The summed E-state index contributed by atoms with van der Waals surface area (Å²) in [5.74, 6) is -0.381. The van der Waals surface area contributed by atoms with Gasteiger partial charge in [-0.2, -0.15) is 0 Å². The molecule has 5 nitrogen and oxygen atoms in total. The molecule has 0 aromatic heterocycles. The lowest BCUT2D eigenvalue weighted by atomic mass is 9.94. The van der Waals surface area contributed by atoms with Crippen molar-refractivity contribution in [2.24, 2.45) is 0 Å². The molecular formula is C18H24N2O3. The summed E-state index contributed by atoms with van der Waals surface area (Å²) in [7, 11) is 0. The molecule has 1 aliphatic rings. The van der Waals surface area contributed by atoms with E-state index in [0.29, 0.717) is 17.9 Å². The summed E-state index contributed by atoms with van der Waals surface area (Å²) in [6.07, 6.45) is 2.73. The van der Waals surface area contributed by atoms with Crippen LogP contribution in [0.3, 0.4) is 0 Å². The molecule has 2 rings (SSSR count). The molecule has 1 aliphatic heterocycles. The number of carbonyl (C=O) groups excluding carboxylic acids is 2. The fourth-order valence-corrected chi connectivity index (χ4v) is 2.55. The van der Waals surface area contributed by atoms with Crippen molar-refractivity contribution in [3.63, 3.8) is 0 Å². The molecule has 0 unspecified atom stereocenters. The molecule has 2 N–H and O–H groups in total. The van der Waals surface area contributed by atoms with E-state index >= 15 is 0 Å². The van der Waals surface area contributed by atoms with E-state index in [2.05, 4.69) is 17.6 Å². The maximum Gasteiger partial charge on any atom is 0.338 e. The number of esters is 1. The van der Waals surface area contributed by atoms with Crippen molar-refractivity contribution in [1.82, 2.24) is 10.6 Å². The number of rotatable bonds is 6. The molecule has 1 heterocycles. The van der Waals surface area contributed by atoms with E-state index in [1.54, 1.807) is 6.92 Å². The second-order valence-corrected chi connectivity index (χ2v) is 5.65. The van der Waals surface area contributed by atoms with Crippen LogP contribution in [-0.4, -0.2) is 18.6 Å². The molecule has 0 spiro atoms. The first-order valence-corrected chi connectivity index (χ1v) is 8.11. The number of hydrogen-bond acceptors (Lipinski definition) is 3. The lowest BCUT2D eigenvalue weighted by molar-refractivity contribution is -0.139. The summed E-state index contributed by atoms with van der Waals surface area (Å²) < 4.78 is 5.34. The summed E-state index contributed by atoms with van der Waals surface area (Å²) in [5, 5.41) is 5.46. The number of nitrogens with one attached hydrogen (secondary N) is 2. The highest BCUT2D eigenvalue weighted by atomic mass is 16.5. The molecular weight excluding hydrogens is 292 g/mol. The van der Waals surface area contributed by atoms with Gasteiger partial charge in [-0.05, 0) is 30.9 Å². The summed E-state index contributed by atoms with van der Waals surface area (Å²) in [6.45, 7) is 6.24. The zero-order valence-corrected chi connectivity index (χ0v) is 13.9. The van der Waals surface area contributed by atoms with E-state index in [4.69, 9.17) is 4.74 Å². The van der Waals surface area contributed by atoms with Gasteiger partial charge < -0.3 is 15.4 Å². The van der Waals surface area contributed by atoms with Crippen molar-refractivity contribution in [2.75, 3.05) is 6.61 Å². The van der Waals surface area contributed by atoms with Gasteiger partial charge in [0.2, 0.25) is 0 Å². The van der Waals surface area contributed by atoms with Crippen LogP contribution in [0.1, 0.15) is 50.8 Å². The number of hydrogen-bond donors (Lipinski definition) is 2. The van der Waals surface area contributed by atoms with Crippen LogP contribution in [0.5, 0.6) is 0 Å². The van der Waals surface area contributed by atoms with E-state index in [1.807, 2.05) is 31.2 Å². The highest BCUT2D eigenvalue weighted by Gasteiger charge is 2.32. The standard InChI is InChI=1S/C18H24N2O3/c1-4-6-11-23-17(21)15-12(3)19-18(22)20-16(15)14-9-7-13(5-2)8-10-14/h7-10,16H,4-6,11H2,1-3H3,(H2,19,20,22)/t16-/m0/s1. The topological polar surface area (TPSA) is 67.4 Å². The van der Waals surface area contributed by atoms with Crippen LogP contribution in [0.4, 0.5) is 4.79 Å². The minimum absolute atomic E-state index is 0.308. The normalized spacial score (nSPS) is 17.5. The van der Waals surface area contributed by atoms with Crippen molar-refractivity contribution in [3.8, 4) is 0 Å². The number of aryl methyl sites for hydroxylation is 1. The predicted molar refractivity (Wildman–Crippen MR) is 88.8 cm³/mol.